The summed E-state index contributed by atoms with van der Waals surface area (Å²) in [5.41, 5.74) is 0.587. The van der Waals surface area contributed by atoms with E-state index >= 15 is 0 Å². The molecule has 1 fully saturated rings. The number of hydrogen-bond donors (Lipinski definition) is 1. The molecular formula is C12H13ClN2O2. The molecule has 0 atom stereocenters. The van der Waals surface area contributed by atoms with Crippen LogP contribution >= 0.6 is 11.6 Å². The number of halogens is 1. The van der Waals surface area contributed by atoms with Crippen molar-refractivity contribution in [3.8, 4) is 0 Å². The number of rotatable bonds is 3. The first-order valence-electron chi connectivity index (χ1n) is 5.43. The smallest absolute Gasteiger partial charge is 0.234 e. The lowest BCUT2D eigenvalue weighted by Gasteiger charge is -2.25. The zero-order chi connectivity index (χ0) is 12.3. The number of carbonyl (C=O) groups excluding carboxylic acids is 2. The molecular weight excluding hydrogens is 240 g/mol. The van der Waals surface area contributed by atoms with Gasteiger partial charge in [0.2, 0.25) is 5.91 Å². The van der Waals surface area contributed by atoms with Crippen molar-refractivity contribution in [3.05, 3.63) is 34.9 Å². The van der Waals surface area contributed by atoms with Crippen molar-refractivity contribution in [2.45, 2.75) is 0 Å². The van der Waals surface area contributed by atoms with E-state index in [9.17, 15) is 9.59 Å². The highest BCUT2D eigenvalue weighted by Crippen LogP contribution is 2.11. The first-order valence-corrected chi connectivity index (χ1v) is 5.81. The maximum Gasteiger partial charge on any atom is 0.234 e. The van der Waals surface area contributed by atoms with Crippen molar-refractivity contribution < 1.29 is 9.59 Å². The second-order valence-corrected chi connectivity index (χ2v) is 4.43. The van der Waals surface area contributed by atoms with E-state index < -0.39 is 0 Å². The molecule has 1 saturated heterocycles. The fourth-order valence-corrected chi connectivity index (χ4v) is 1.97. The van der Waals surface area contributed by atoms with E-state index in [1.807, 2.05) is 4.90 Å². The van der Waals surface area contributed by atoms with Gasteiger partial charge in [0, 0.05) is 23.7 Å². The zero-order valence-electron chi connectivity index (χ0n) is 9.28. The van der Waals surface area contributed by atoms with Gasteiger partial charge in [0.05, 0.1) is 13.1 Å². The Morgan fingerprint density at radius 1 is 1.47 bits per heavy atom. The normalized spacial score (nSPS) is 16.6. The fourth-order valence-electron chi connectivity index (χ4n) is 1.78. The van der Waals surface area contributed by atoms with Crippen molar-refractivity contribution in [2.75, 3.05) is 26.2 Å². The molecule has 1 N–H and O–H groups in total. The quantitative estimate of drug-likeness (QED) is 0.815. The van der Waals surface area contributed by atoms with Gasteiger partial charge in [0.1, 0.15) is 0 Å². The van der Waals surface area contributed by atoms with E-state index in [0.717, 1.165) is 0 Å². The van der Waals surface area contributed by atoms with Gasteiger partial charge >= 0.3 is 0 Å². The van der Waals surface area contributed by atoms with Crippen molar-refractivity contribution in [2.24, 2.45) is 0 Å². The van der Waals surface area contributed by atoms with Crippen LogP contribution in [0.2, 0.25) is 5.02 Å². The highest BCUT2D eigenvalue weighted by molar-refractivity contribution is 6.31. The highest BCUT2D eigenvalue weighted by atomic mass is 35.5. The number of nitrogens with one attached hydrogen (secondary N) is 1. The third-order valence-electron chi connectivity index (χ3n) is 2.63. The molecule has 17 heavy (non-hydrogen) atoms. The van der Waals surface area contributed by atoms with Crippen LogP contribution in [0.4, 0.5) is 0 Å². The van der Waals surface area contributed by atoms with Crippen molar-refractivity contribution in [3.63, 3.8) is 0 Å². The number of piperazine rings is 1. The second-order valence-electron chi connectivity index (χ2n) is 3.99. The molecule has 5 heteroatoms. The van der Waals surface area contributed by atoms with Crippen LogP contribution in [0.25, 0.3) is 0 Å². The Morgan fingerprint density at radius 3 is 3.00 bits per heavy atom. The Labute approximate surface area is 105 Å². The number of ketones is 1. The number of Topliss-reactive ketones (excluding diaryl/α,β-unsaturated/α-hetero) is 1. The SMILES string of the molecule is O=C1CN(CC(=O)c2cccc(Cl)c2)CCN1. The molecule has 1 aromatic rings. The van der Waals surface area contributed by atoms with Crippen LogP contribution in [-0.4, -0.2) is 42.8 Å². The Kier molecular flexibility index (Phi) is 3.76. The van der Waals surface area contributed by atoms with Crippen LogP contribution < -0.4 is 5.32 Å². The summed E-state index contributed by atoms with van der Waals surface area (Å²) >= 11 is 5.82. The lowest BCUT2D eigenvalue weighted by molar-refractivity contribution is -0.123. The summed E-state index contributed by atoms with van der Waals surface area (Å²) in [5.74, 6) is -0.0441. The third-order valence-corrected chi connectivity index (χ3v) is 2.87. The van der Waals surface area contributed by atoms with Crippen molar-refractivity contribution in [1.29, 1.82) is 0 Å². The van der Waals surface area contributed by atoms with E-state index in [-0.39, 0.29) is 24.8 Å². The molecule has 2 rings (SSSR count). The zero-order valence-corrected chi connectivity index (χ0v) is 10.0. The van der Waals surface area contributed by atoms with Crippen LogP contribution in [0.3, 0.4) is 0 Å². The maximum atomic E-state index is 11.9. The summed E-state index contributed by atoms with van der Waals surface area (Å²) in [7, 11) is 0. The van der Waals surface area contributed by atoms with E-state index in [4.69, 9.17) is 11.6 Å². The lowest BCUT2D eigenvalue weighted by Crippen LogP contribution is -2.49. The Hall–Kier alpha value is -1.39. The van der Waals surface area contributed by atoms with Crippen molar-refractivity contribution in [1.82, 2.24) is 10.2 Å². The number of benzene rings is 1. The number of amides is 1. The molecule has 90 valence electrons. The second kappa shape index (κ2) is 5.29. The van der Waals surface area contributed by atoms with Gasteiger partial charge in [-0.2, -0.15) is 0 Å². The van der Waals surface area contributed by atoms with Gasteiger partial charge in [-0.3, -0.25) is 14.5 Å². The van der Waals surface area contributed by atoms with Crippen LogP contribution in [0.15, 0.2) is 24.3 Å². The molecule has 1 aromatic carbocycles. The van der Waals surface area contributed by atoms with Crippen LogP contribution in [0.5, 0.6) is 0 Å². The van der Waals surface area contributed by atoms with Crippen LogP contribution in [0, 0.1) is 0 Å². The molecule has 0 aliphatic carbocycles. The fraction of sp³-hybridized carbons (Fsp3) is 0.333. The molecule has 1 heterocycles. The topological polar surface area (TPSA) is 49.4 Å². The molecule has 1 amide bonds. The molecule has 0 radical (unpaired) electrons. The van der Waals surface area contributed by atoms with E-state index in [2.05, 4.69) is 5.32 Å². The van der Waals surface area contributed by atoms with Crippen LogP contribution in [-0.2, 0) is 4.79 Å². The monoisotopic (exact) mass is 252 g/mol. The first-order chi connectivity index (χ1) is 8.15. The van der Waals surface area contributed by atoms with Gasteiger partial charge < -0.3 is 5.32 Å². The molecule has 0 unspecified atom stereocenters. The van der Waals surface area contributed by atoms with Crippen molar-refractivity contribution >= 4 is 23.3 Å². The summed E-state index contributed by atoms with van der Waals surface area (Å²) in [5, 5.41) is 3.27. The minimum atomic E-state index is -0.0323. The number of nitrogens with zero attached hydrogens (tertiary/aromatic N) is 1. The molecule has 1 aliphatic rings. The highest BCUT2D eigenvalue weighted by Gasteiger charge is 2.19. The Morgan fingerprint density at radius 2 is 2.29 bits per heavy atom. The standard InChI is InChI=1S/C12H13ClN2O2/c13-10-3-1-2-9(6-10)11(16)7-15-5-4-14-12(17)8-15/h1-3,6H,4-5,7-8H2,(H,14,17). The van der Waals surface area contributed by atoms with Gasteiger partial charge in [0.15, 0.2) is 5.78 Å². The molecule has 0 bridgehead atoms. The van der Waals surface area contributed by atoms with Crippen LogP contribution in [0.1, 0.15) is 10.4 Å². The summed E-state index contributed by atoms with van der Waals surface area (Å²) in [4.78, 5) is 24.9. The van der Waals surface area contributed by atoms with Gasteiger partial charge in [-0.1, -0.05) is 23.7 Å². The first kappa shape index (κ1) is 12.1. The molecule has 0 saturated carbocycles. The summed E-state index contributed by atoms with van der Waals surface area (Å²) in [6.45, 7) is 1.85. The molecule has 4 nitrogen and oxygen atoms in total. The van der Waals surface area contributed by atoms with Gasteiger partial charge in [0.25, 0.3) is 0 Å². The van der Waals surface area contributed by atoms with Gasteiger partial charge in [-0.25, -0.2) is 0 Å². The van der Waals surface area contributed by atoms with Gasteiger partial charge in [-0.05, 0) is 12.1 Å². The Balaban J connectivity index is 1.99. The average Bonchev–Trinajstić information content (AvgIpc) is 2.29. The largest absolute Gasteiger partial charge is 0.354 e. The lowest BCUT2D eigenvalue weighted by atomic mass is 10.1. The Bertz CT molecular complexity index is 448. The van der Waals surface area contributed by atoms with E-state index in [1.165, 1.54) is 0 Å². The van der Waals surface area contributed by atoms with E-state index in [0.29, 0.717) is 23.7 Å². The number of hydrogen-bond acceptors (Lipinski definition) is 3. The summed E-state index contributed by atoms with van der Waals surface area (Å²) in [6.07, 6.45) is 0. The number of carbonyl (C=O) groups is 2. The summed E-state index contributed by atoms with van der Waals surface area (Å²) in [6, 6.07) is 6.86. The minimum Gasteiger partial charge on any atom is -0.354 e. The molecule has 0 aromatic heterocycles. The molecule has 0 spiro atoms. The predicted molar refractivity (Wildman–Crippen MR) is 65.2 cm³/mol. The maximum absolute atomic E-state index is 11.9. The predicted octanol–water partition coefficient (Wildman–Crippen LogP) is 0.954. The summed E-state index contributed by atoms with van der Waals surface area (Å²) < 4.78 is 0. The molecule has 1 aliphatic heterocycles. The third kappa shape index (κ3) is 3.28. The van der Waals surface area contributed by atoms with Gasteiger partial charge in [-0.15, -0.1) is 0 Å². The average molecular weight is 253 g/mol. The minimum absolute atomic E-state index is 0.0119. The van der Waals surface area contributed by atoms with E-state index in [1.54, 1.807) is 24.3 Å².